The maximum Gasteiger partial charge on any atom is 0.297 e. The molecule has 0 spiro atoms. The highest BCUT2D eigenvalue weighted by atomic mass is 16.3. The van der Waals surface area contributed by atoms with Crippen LogP contribution in [0.3, 0.4) is 0 Å². The van der Waals surface area contributed by atoms with Crippen LogP contribution in [-0.2, 0) is 32.5 Å². The van der Waals surface area contributed by atoms with E-state index in [0.717, 1.165) is 59.7 Å². The third kappa shape index (κ3) is 9.40. The van der Waals surface area contributed by atoms with Gasteiger partial charge in [-0.2, -0.15) is 0 Å². The van der Waals surface area contributed by atoms with E-state index in [-0.39, 0.29) is 44.6 Å². The summed E-state index contributed by atoms with van der Waals surface area (Å²) in [5.74, 6) is 0.532. The Morgan fingerprint density at radius 1 is 0.697 bits per heavy atom. The Balaban J connectivity index is 1.29. The molecule has 4 nitrogen and oxygen atoms in total. The van der Waals surface area contributed by atoms with Crippen LogP contribution in [0.2, 0.25) is 0 Å². The summed E-state index contributed by atoms with van der Waals surface area (Å²) >= 11 is 0. The number of rotatable bonds is 7. The molecule has 3 heterocycles. The van der Waals surface area contributed by atoms with Gasteiger partial charge in [0.15, 0.2) is 0 Å². The van der Waals surface area contributed by atoms with Gasteiger partial charge in [-0.3, -0.25) is 0 Å². The van der Waals surface area contributed by atoms with Gasteiger partial charge < -0.3 is 19.5 Å². The maximum absolute atomic E-state index is 7.75. The predicted octanol–water partition coefficient (Wildman–Crippen LogP) is 18.3. The number of hydrogen-bond acceptors (Lipinski definition) is 4. The molecule has 1 saturated carbocycles. The van der Waals surface area contributed by atoms with Gasteiger partial charge in [-0.1, -0.05) is 192 Å². The first kappa shape index (κ1) is 54.0. The van der Waals surface area contributed by atoms with E-state index in [0.29, 0.717) is 12.5 Å². The van der Waals surface area contributed by atoms with E-state index in [1.807, 2.05) is 0 Å². The quantitative estimate of drug-likeness (QED) is 0.165. The molecule has 0 bridgehead atoms. The van der Waals surface area contributed by atoms with Crippen LogP contribution in [0.1, 0.15) is 209 Å². The Bertz CT molecular complexity index is 3230. The van der Waals surface area contributed by atoms with Gasteiger partial charge in [-0.05, 0) is 181 Å². The second-order valence-corrected chi connectivity index (χ2v) is 29.6. The van der Waals surface area contributed by atoms with E-state index >= 15 is 0 Å². The first-order valence-electron chi connectivity index (χ1n) is 29.3. The van der Waals surface area contributed by atoms with Gasteiger partial charge in [0.25, 0.3) is 6.71 Å². The monoisotopic (exact) mass is 1010 g/mol. The van der Waals surface area contributed by atoms with Crippen molar-refractivity contribution in [2.75, 3.05) is 21.7 Å². The summed E-state index contributed by atoms with van der Waals surface area (Å²) in [4.78, 5) is 5.10. The molecule has 400 valence electrons. The van der Waals surface area contributed by atoms with Gasteiger partial charge in [-0.25, -0.2) is 0 Å². The lowest BCUT2D eigenvalue weighted by molar-refractivity contribution is 0.222. The fraction of sp³-hybridized carbons (Fsp3) is 0.493. The predicted molar refractivity (Wildman–Crippen MR) is 330 cm³/mol. The van der Waals surface area contributed by atoms with Crippen molar-refractivity contribution >= 4 is 51.6 Å². The van der Waals surface area contributed by atoms with Crippen LogP contribution >= 0.6 is 0 Å². The number of anilines is 4. The van der Waals surface area contributed by atoms with E-state index in [2.05, 4.69) is 237 Å². The first-order chi connectivity index (χ1) is 35.4. The molecule has 76 heavy (non-hydrogen) atoms. The number of allylic oxidation sites excluding steroid dienone is 6. The van der Waals surface area contributed by atoms with E-state index in [4.69, 9.17) is 11.0 Å². The summed E-state index contributed by atoms with van der Waals surface area (Å²) in [6, 6.07) is 28.9. The van der Waals surface area contributed by atoms with Crippen LogP contribution < -0.4 is 26.2 Å². The third-order valence-corrected chi connectivity index (χ3v) is 19.3. The molecule has 4 aromatic carbocycles. The summed E-state index contributed by atoms with van der Waals surface area (Å²) in [5.41, 5.74) is 22.8. The Morgan fingerprint density at radius 2 is 1.30 bits per heavy atom. The normalized spacial score (nSPS) is 22.1. The highest BCUT2D eigenvalue weighted by Crippen LogP contribution is 2.53. The lowest BCUT2D eigenvalue weighted by Gasteiger charge is -2.45. The molecule has 10 rings (SSSR count). The van der Waals surface area contributed by atoms with Crippen LogP contribution in [0.15, 0.2) is 136 Å². The van der Waals surface area contributed by atoms with Gasteiger partial charge in [0, 0.05) is 46.1 Å². The highest BCUT2D eigenvalue weighted by molar-refractivity contribution is 6.94. The second-order valence-electron chi connectivity index (χ2n) is 29.6. The molecule has 2 atom stereocenters. The molecule has 5 heteroatoms. The smallest absolute Gasteiger partial charge is 0.297 e. The van der Waals surface area contributed by atoms with Crippen molar-refractivity contribution < 1.29 is 4.42 Å². The van der Waals surface area contributed by atoms with Gasteiger partial charge in [0.1, 0.15) is 5.58 Å². The minimum atomic E-state index is -0.199. The van der Waals surface area contributed by atoms with Gasteiger partial charge in [0.2, 0.25) is 0 Å². The third-order valence-electron chi connectivity index (χ3n) is 19.3. The van der Waals surface area contributed by atoms with Crippen LogP contribution in [0.25, 0.3) is 11.0 Å². The molecule has 0 radical (unpaired) electrons. The highest BCUT2D eigenvalue weighted by Gasteiger charge is 2.49. The van der Waals surface area contributed by atoms with E-state index in [9.17, 15) is 0 Å². The van der Waals surface area contributed by atoms with Crippen molar-refractivity contribution in [3.8, 4) is 0 Å². The summed E-state index contributed by atoms with van der Waals surface area (Å²) in [6.07, 6.45) is 18.7. The number of hydrogen-bond donors (Lipinski definition) is 1. The Labute approximate surface area is 460 Å². The SMILES string of the molecule is C=CC1=C2B(c3cc(C(C)(C)C)cc([C@]4(C)CCCCC4C)c3N/C2=C/CN(C2=CC=C(C(C)(C)C)CC2)c2ccc(C(C)(C)C)cc2)c2oc3cc4c(cc3c2N1c1ccc(C(C)(C)C)cc1)C(C)(C)CCC4(C)C. The number of furan rings is 1. The number of fused-ring (bicyclic) bond motifs is 8. The fourth-order valence-corrected chi connectivity index (χ4v) is 13.7. The van der Waals surface area contributed by atoms with Crippen molar-refractivity contribution in [1.82, 2.24) is 0 Å². The van der Waals surface area contributed by atoms with Crippen molar-refractivity contribution in [3.05, 3.63) is 165 Å². The van der Waals surface area contributed by atoms with Gasteiger partial charge >= 0.3 is 0 Å². The minimum absolute atomic E-state index is 0.00879. The Hall–Kier alpha value is -5.42. The fourth-order valence-electron chi connectivity index (χ4n) is 13.7. The molecular formula is C71H92BN3O. The molecule has 3 aliphatic carbocycles. The average Bonchev–Trinajstić information content (AvgIpc) is 3.81. The van der Waals surface area contributed by atoms with E-state index < -0.39 is 0 Å². The van der Waals surface area contributed by atoms with Crippen LogP contribution in [0, 0.1) is 11.3 Å². The molecule has 1 unspecified atom stereocenters. The molecule has 5 aliphatic rings. The lowest BCUT2D eigenvalue weighted by atomic mass is 9.34. The Kier molecular flexibility index (Phi) is 13.2. The van der Waals surface area contributed by atoms with Gasteiger partial charge in [-0.15, -0.1) is 0 Å². The molecule has 5 aromatic rings. The second kappa shape index (κ2) is 18.6. The van der Waals surface area contributed by atoms with E-state index in [1.54, 1.807) is 0 Å². The summed E-state index contributed by atoms with van der Waals surface area (Å²) < 4.78 is 7.75. The number of nitrogens with one attached hydrogen (secondary N) is 1. The lowest BCUT2D eigenvalue weighted by Crippen LogP contribution is -2.55. The number of benzene rings is 4. The maximum atomic E-state index is 7.75. The van der Waals surface area contributed by atoms with Crippen LogP contribution in [0.5, 0.6) is 0 Å². The van der Waals surface area contributed by atoms with Crippen LogP contribution in [-0.4, -0.2) is 13.3 Å². The van der Waals surface area contributed by atoms with Crippen molar-refractivity contribution in [1.29, 1.82) is 0 Å². The van der Waals surface area contributed by atoms with Crippen LogP contribution in [0.4, 0.5) is 22.7 Å². The topological polar surface area (TPSA) is 31.6 Å². The zero-order chi connectivity index (χ0) is 54.9. The van der Waals surface area contributed by atoms with E-state index in [1.165, 1.54) is 98.0 Å². The van der Waals surface area contributed by atoms with Gasteiger partial charge in [0.05, 0.1) is 11.3 Å². The average molecular weight is 1010 g/mol. The molecule has 1 fully saturated rings. The van der Waals surface area contributed by atoms with Crippen molar-refractivity contribution in [3.63, 3.8) is 0 Å². The summed E-state index contributed by atoms with van der Waals surface area (Å²) in [7, 11) is 0. The summed E-state index contributed by atoms with van der Waals surface area (Å²) in [5, 5.41) is 5.56. The molecule has 0 amide bonds. The molecule has 1 aromatic heterocycles. The molecular weight excluding hydrogens is 922 g/mol. The Morgan fingerprint density at radius 3 is 1.86 bits per heavy atom. The zero-order valence-corrected chi connectivity index (χ0v) is 50.3. The standard InChI is InChI=1S/C71H92BN3O/c1-20-59-61-58(36-40-74(50-30-24-46(25-31-50)65(3,4)5)51-32-26-47(27-33-51)66(6,7)8)73-62-56(71(19)37-22-21-23-45(71)2)41-49(68(12,13)14)42-57(62)72(61)64-63(75(59)52-34-28-48(29-35-52)67(9,10)11)53-43-54-55(44-60(53)76-64)70(17,18)39-38-69(54,15)16/h20,24-26,28-32,34-36,41-45,73H,1,21-23,27,33,37-40H2,2-19H3/b58-36+/t45?,71-/m1/s1. The zero-order valence-electron chi connectivity index (χ0n) is 50.3. The molecule has 1 N–H and O–H groups in total. The van der Waals surface area contributed by atoms with Crippen molar-refractivity contribution in [2.45, 2.75) is 208 Å². The number of nitrogens with zero attached hydrogens (tertiary/aromatic N) is 2. The molecule has 2 aliphatic heterocycles. The minimum Gasteiger partial charge on any atom is -0.468 e. The van der Waals surface area contributed by atoms with Crippen molar-refractivity contribution in [2.24, 2.45) is 11.3 Å². The summed E-state index contributed by atoms with van der Waals surface area (Å²) in [6.45, 7) is 48.2. The first-order valence-corrected chi connectivity index (χ1v) is 29.3. The largest absolute Gasteiger partial charge is 0.468 e. The molecule has 0 saturated heterocycles.